The molecule has 0 spiro atoms. The molecule has 27 heavy (non-hydrogen) atoms. The molecule has 9 heteroatoms. The Morgan fingerprint density at radius 1 is 0.889 bits per heavy atom. The van der Waals surface area contributed by atoms with Crippen LogP contribution in [0.25, 0.3) is 32.2 Å². The second-order valence-corrected chi connectivity index (χ2v) is 6.87. The Kier molecular flexibility index (Phi) is 3.96. The molecule has 0 saturated heterocycles. The summed E-state index contributed by atoms with van der Waals surface area (Å²) in [7, 11) is 0. The van der Waals surface area contributed by atoms with Crippen LogP contribution in [0.4, 0.5) is 24.5 Å². The lowest BCUT2D eigenvalue weighted by Gasteiger charge is -2.10. The average molecular weight is 387 g/mol. The number of anilines is 2. The Bertz CT molecular complexity index is 1150. The standard InChI is InChI=1S/C18H12F3N5S/c19-18(20,21)9-1-3-11(12(23)5-9)14-7-15(25-8-24-14)17-26-13-4-2-10(22)6-16(13)27-17/h1-8H,22-23H2. The number of thiazole rings is 1. The molecule has 0 fully saturated rings. The van der Waals surface area contributed by atoms with Gasteiger partial charge in [-0.15, -0.1) is 11.3 Å². The summed E-state index contributed by atoms with van der Waals surface area (Å²) in [6.07, 6.45) is -3.12. The second kappa shape index (κ2) is 6.20. The molecule has 0 radical (unpaired) electrons. The zero-order valence-electron chi connectivity index (χ0n) is 13.7. The lowest BCUT2D eigenvalue weighted by Crippen LogP contribution is -2.06. The van der Waals surface area contributed by atoms with Crippen molar-refractivity contribution in [3.05, 3.63) is 54.4 Å². The number of hydrogen-bond acceptors (Lipinski definition) is 6. The predicted molar refractivity (Wildman–Crippen MR) is 99.9 cm³/mol. The summed E-state index contributed by atoms with van der Waals surface area (Å²) < 4.78 is 39.4. The molecule has 0 bridgehead atoms. The first-order valence-electron chi connectivity index (χ1n) is 7.77. The number of hydrogen-bond donors (Lipinski definition) is 2. The molecule has 0 unspecified atom stereocenters. The van der Waals surface area contributed by atoms with Gasteiger partial charge in [0, 0.05) is 16.9 Å². The summed E-state index contributed by atoms with van der Waals surface area (Å²) in [5.41, 5.74) is 13.6. The van der Waals surface area contributed by atoms with Crippen molar-refractivity contribution in [2.75, 3.05) is 11.5 Å². The topological polar surface area (TPSA) is 90.7 Å². The number of aromatic nitrogens is 3. The maximum absolute atomic E-state index is 12.8. The smallest absolute Gasteiger partial charge is 0.399 e. The van der Waals surface area contributed by atoms with Crippen LogP contribution in [0.2, 0.25) is 0 Å². The van der Waals surface area contributed by atoms with Crippen molar-refractivity contribution in [2.24, 2.45) is 0 Å². The third-order valence-corrected chi connectivity index (χ3v) is 4.99. The van der Waals surface area contributed by atoms with E-state index >= 15 is 0 Å². The predicted octanol–water partition coefficient (Wildman–Crippen LogP) is 4.60. The first-order chi connectivity index (χ1) is 12.8. The normalized spacial score (nSPS) is 11.8. The lowest BCUT2D eigenvalue weighted by atomic mass is 10.1. The van der Waals surface area contributed by atoms with Crippen molar-refractivity contribution in [1.29, 1.82) is 0 Å². The third kappa shape index (κ3) is 3.28. The summed E-state index contributed by atoms with van der Waals surface area (Å²) in [6.45, 7) is 0. The van der Waals surface area contributed by atoms with E-state index in [1.54, 1.807) is 12.1 Å². The molecule has 136 valence electrons. The minimum atomic E-state index is -4.45. The molecule has 2 heterocycles. The Morgan fingerprint density at radius 3 is 2.41 bits per heavy atom. The minimum absolute atomic E-state index is 0.00783. The van der Waals surface area contributed by atoms with E-state index in [1.807, 2.05) is 12.1 Å². The first-order valence-corrected chi connectivity index (χ1v) is 8.58. The lowest BCUT2D eigenvalue weighted by molar-refractivity contribution is -0.137. The minimum Gasteiger partial charge on any atom is -0.399 e. The van der Waals surface area contributed by atoms with Crippen molar-refractivity contribution in [1.82, 2.24) is 15.0 Å². The summed E-state index contributed by atoms with van der Waals surface area (Å²) in [6, 6.07) is 10.3. The molecule has 5 nitrogen and oxygen atoms in total. The Balaban J connectivity index is 1.76. The van der Waals surface area contributed by atoms with Crippen LogP contribution in [0, 0.1) is 0 Å². The monoisotopic (exact) mass is 387 g/mol. The van der Waals surface area contributed by atoms with Crippen LogP contribution in [-0.2, 0) is 6.18 Å². The average Bonchev–Trinajstić information content (AvgIpc) is 3.04. The molecule has 0 aliphatic rings. The highest BCUT2D eigenvalue weighted by atomic mass is 32.1. The van der Waals surface area contributed by atoms with Gasteiger partial charge in [-0.25, -0.2) is 15.0 Å². The molecule has 0 amide bonds. The van der Waals surface area contributed by atoms with Gasteiger partial charge < -0.3 is 11.5 Å². The van der Waals surface area contributed by atoms with Crippen LogP contribution in [0.5, 0.6) is 0 Å². The van der Waals surface area contributed by atoms with Crippen LogP contribution in [0.15, 0.2) is 48.8 Å². The highest BCUT2D eigenvalue weighted by Crippen LogP contribution is 2.35. The van der Waals surface area contributed by atoms with E-state index in [0.717, 1.165) is 22.3 Å². The fraction of sp³-hybridized carbons (Fsp3) is 0.0556. The number of nitrogens with two attached hydrogens (primary N) is 2. The van der Waals surface area contributed by atoms with E-state index < -0.39 is 11.7 Å². The molecule has 0 aliphatic carbocycles. The molecule has 2 aromatic carbocycles. The van der Waals surface area contributed by atoms with Gasteiger partial charge in [0.25, 0.3) is 0 Å². The molecular weight excluding hydrogens is 375 g/mol. The maximum Gasteiger partial charge on any atom is 0.416 e. The van der Waals surface area contributed by atoms with Gasteiger partial charge in [-0.2, -0.15) is 13.2 Å². The van der Waals surface area contributed by atoms with Gasteiger partial charge in [0.2, 0.25) is 0 Å². The van der Waals surface area contributed by atoms with Gasteiger partial charge in [-0.1, -0.05) is 6.07 Å². The summed E-state index contributed by atoms with van der Waals surface area (Å²) in [5, 5.41) is 0.657. The van der Waals surface area contributed by atoms with Gasteiger partial charge in [-0.3, -0.25) is 0 Å². The molecule has 0 saturated carbocycles. The van der Waals surface area contributed by atoms with Crippen molar-refractivity contribution in [2.45, 2.75) is 6.18 Å². The molecule has 4 N–H and O–H groups in total. The Morgan fingerprint density at radius 2 is 1.67 bits per heavy atom. The third-order valence-electron chi connectivity index (χ3n) is 3.95. The van der Waals surface area contributed by atoms with Crippen molar-refractivity contribution >= 4 is 32.9 Å². The summed E-state index contributed by atoms with van der Waals surface area (Å²) in [5.74, 6) is 0. The summed E-state index contributed by atoms with van der Waals surface area (Å²) >= 11 is 1.42. The van der Waals surface area contributed by atoms with Gasteiger partial charge in [0.15, 0.2) is 0 Å². The number of halogens is 3. The fourth-order valence-corrected chi connectivity index (χ4v) is 3.63. The Labute approximate surface area is 155 Å². The van der Waals surface area contributed by atoms with Gasteiger partial charge in [0.1, 0.15) is 17.0 Å². The van der Waals surface area contributed by atoms with Crippen LogP contribution < -0.4 is 11.5 Å². The largest absolute Gasteiger partial charge is 0.416 e. The van der Waals surface area contributed by atoms with E-state index in [9.17, 15) is 13.2 Å². The van der Waals surface area contributed by atoms with Crippen molar-refractivity contribution in [3.63, 3.8) is 0 Å². The van der Waals surface area contributed by atoms with E-state index in [1.165, 1.54) is 23.7 Å². The molecule has 0 atom stereocenters. The van der Waals surface area contributed by atoms with E-state index in [4.69, 9.17) is 11.5 Å². The SMILES string of the molecule is Nc1ccc2nc(-c3cc(-c4ccc(C(F)(F)F)cc4N)ncn3)sc2c1. The molecule has 2 aromatic heterocycles. The van der Waals surface area contributed by atoms with E-state index in [-0.39, 0.29) is 5.69 Å². The number of benzene rings is 2. The van der Waals surface area contributed by atoms with Crippen molar-refractivity contribution in [3.8, 4) is 22.0 Å². The molecule has 4 rings (SSSR count). The van der Waals surface area contributed by atoms with E-state index in [2.05, 4.69) is 15.0 Å². The van der Waals surface area contributed by atoms with Gasteiger partial charge in [0.05, 0.1) is 21.5 Å². The Hall–Kier alpha value is -3.20. The summed E-state index contributed by atoms with van der Waals surface area (Å²) in [4.78, 5) is 12.9. The number of fused-ring (bicyclic) bond motifs is 1. The second-order valence-electron chi connectivity index (χ2n) is 5.83. The van der Waals surface area contributed by atoms with Crippen LogP contribution in [0.1, 0.15) is 5.56 Å². The van der Waals surface area contributed by atoms with E-state index in [0.29, 0.717) is 27.6 Å². The quantitative estimate of drug-likeness (QED) is 0.491. The van der Waals surface area contributed by atoms with Crippen LogP contribution in [-0.4, -0.2) is 15.0 Å². The fourth-order valence-electron chi connectivity index (χ4n) is 2.64. The zero-order valence-corrected chi connectivity index (χ0v) is 14.5. The molecule has 0 aliphatic heterocycles. The highest BCUT2D eigenvalue weighted by molar-refractivity contribution is 7.21. The van der Waals surface area contributed by atoms with Gasteiger partial charge >= 0.3 is 6.18 Å². The zero-order chi connectivity index (χ0) is 19.2. The number of rotatable bonds is 2. The first kappa shape index (κ1) is 17.2. The maximum atomic E-state index is 12.8. The number of alkyl halides is 3. The molecule has 4 aromatic rings. The molecular formula is C18H12F3N5S. The van der Waals surface area contributed by atoms with Crippen LogP contribution in [0.3, 0.4) is 0 Å². The van der Waals surface area contributed by atoms with Gasteiger partial charge in [-0.05, 0) is 36.4 Å². The number of nitrogen functional groups attached to an aromatic ring is 2. The highest BCUT2D eigenvalue weighted by Gasteiger charge is 2.31. The van der Waals surface area contributed by atoms with Crippen molar-refractivity contribution < 1.29 is 13.2 Å². The van der Waals surface area contributed by atoms with Crippen LogP contribution >= 0.6 is 11.3 Å². The number of nitrogens with zero attached hydrogens (tertiary/aromatic N) is 3.